The molecule has 0 aromatic heterocycles. The zero-order chi connectivity index (χ0) is 11.4. The van der Waals surface area contributed by atoms with Crippen molar-refractivity contribution in [1.29, 1.82) is 0 Å². The highest BCUT2D eigenvalue weighted by atomic mass is 19.1. The summed E-state index contributed by atoms with van der Waals surface area (Å²) < 4.78 is 26.3. The van der Waals surface area contributed by atoms with E-state index in [9.17, 15) is 8.78 Å². The Balaban J connectivity index is 2.89. The van der Waals surface area contributed by atoms with Crippen molar-refractivity contribution in [3.05, 3.63) is 35.4 Å². The smallest absolute Gasteiger partial charge is 0.128 e. The van der Waals surface area contributed by atoms with Crippen LogP contribution in [0.2, 0.25) is 0 Å². The van der Waals surface area contributed by atoms with Crippen LogP contribution in [0, 0.1) is 17.6 Å². The van der Waals surface area contributed by atoms with E-state index in [2.05, 4.69) is 0 Å². The third-order valence-corrected chi connectivity index (χ3v) is 2.67. The predicted molar refractivity (Wildman–Crippen MR) is 57.4 cm³/mol. The molecular weight excluding hydrogens is 196 g/mol. The van der Waals surface area contributed by atoms with E-state index in [-0.39, 0.29) is 11.5 Å². The van der Waals surface area contributed by atoms with Crippen molar-refractivity contribution in [2.45, 2.75) is 32.7 Å². The molecule has 2 atom stereocenters. The molecule has 0 saturated carbocycles. The number of hydrogen-bond donors (Lipinski definition) is 1. The van der Waals surface area contributed by atoms with Crippen LogP contribution >= 0.6 is 0 Å². The fourth-order valence-electron chi connectivity index (χ4n) is 1.71. The second-order valence-corrected chi connectivity index (χ2v) is 3.96. The summed E-state index contributed by atoms with van der Waals surface area (Å²) in [5.74, 6) is -0.705. The standard InChI is InChI=1S/C12H17F2N/c1-3-4-8(2)12(15)10-7-9(13)5-6-11(10)14/h5-8,12H,3-4,15H2,1-2H3. The van der Waals surface area contributed by atoms with Gasteiger partial charge in [-0.05, 0) is 30.5 Å². The Morgan fingerprint density at radius 2 is 2.00 bits per heavy atom. The third kappa shape index (κ3) is 2.99. The first-order valence-electron chi connectivity index (χ1n) is 5.26. The second kappa shape index (κ2) is 5.21. The van der Waals surface area contributed by atoms with Gasteiger partial charge in [0, 0.05) is 11.6 Å². The minimum Gasteiger partial charge on any atom is -0.324 e. The molecule has 84 valence electrons. The average molecular weight is 213 g/mol. The van der Waals surface area contributed by atoms with Crippen LogP contribution < -0.4 is 5.73 Å². The van der Waals surface area contributed by atoms with Gasteiger partial charge >= 0.3 is 0 Å². The summed E-state index contributed by atoms with van der Waals surface area (Å²) in [7, 11) is 0. The molecule has 0 spiro atoms. The molecule has 0 heterocycles. The van der Waals surface area contributed by atoms with Crippen LogP contribution in [0.25, 0.3) is 0 Å². The van der Waals surface area contributed by atoms with Crippen molar-refractivity contribution in [3.63, 3.8) is 0 Å². The molecule has 1 rings (SSSR count). The van der Waals surface area contributed by atoms with Crippen LogP contribution in [-0.2, 0) is 0 Å². The average Bonchev–Trinajstić information content (AvgIpc) is 2.21. The van der Waals surface area contributed by atoms with Gasteiger partial charge in [-0.25, -0.2) is 8.78 Å². The molecule has 2 N–H and O–H groups in total. The molecule has 15 heavy (non-hydrogen) atoms. The highest BCUT2D eigenvalue weighted by Crippen LogP contribution is 2.25. The van der Waals surface area contributed by atoms with E-state index >= 15 is 0 Å². The number of rotatable bonds is 4. The molecule has 0 bridgehead atoms. The van der Waals surface area contributed by atoms with Crippen molar-refractivity contribution in [3.8, 4) is 0 Å². The topological polar surface area (TPSA) is 26.0 Å². The molecular formula is C12H17F2N. The molecule has 0 aliphatic heterocycles. The summed E-state index contributed by atoms with van der Waals surface area (Å²) in [6.45, 7) is 4.00. The van der Waals surface area contributed by atoms with Crippen LogP contribution in [0.15, 0.2) is 18.2 Å². The lowest BCUT2D eigenvalue weighted by molar-refractivity contribution is 0.417. The zero-order valence-electron chi connectivity index (χ0n) is 9.13. The van der Waals surface area contributed by atoms with Crippen molar-refractivity contribution < 1.29 is 8.78 Å². The fourth-order valence-corrected chi connectivity index (χ4v) is 1.71. The van der Waals surface area contributed by atoms with Gasteiger partial charge in [0.05, 0.1) is 0 Å². The van der Waals surface area contributed by atoms with E-state index in [0.717, 1.165) is 25.0 Å². The maximum Gasteiger partial charge on any atom is 0.128 e. The van der Waals surface area contributed by atoms with Gasteiger partial charge in [-0.15, -0.1) is 0 Å². The van der Waals surface area contributed by atoms with Gasteiger partial charge in [0.15, 0.2) is 0 Å². The normalized spacial score (nSPS) is 15.0. The first-order valence-corrected chi connectivity index (χ1v) is 5.26. The van der Waals surface area contributed by atoms with E-state index < -0.39 is 17.7 Å². The first kappa shape index (κ1) is 12.1. The van der Waals surface area contributed by atoms with E-state index in [1.165, 1.54) is 6.07 Å². The van der Waals surface area contributed by atoms with Crippen LogP contribution in [0.4, 0.5) is 8.78 Å². The summed E-state index contributed by atoms with van der Waals surface area (Å²) in [5, 5.41) is 0. The number of benzene rings is 1. The van der Waals surface area contributed by atoms with E-state index in [1.54, 1.807) is 0 Å². The Kier molecular flexibility index (Phi) is 4.21. The van der Waals surface area contributed by atoms with Gasteiger partial charge in [-0.2, -0.15) is 0 Å². The van der Waals surface area contributed by atoms with Gasteiger partial charge in [0.25, 0.3) is 0 Å². The van der Waals surface area contributed by atoms with Gasteiger partial charge in [-0.1, -0.05) is 20.3 Å². The third-order valence-electron chi connectivity index (χ3n) is 2.67. The van der Waals surface area contributed by atoms with E-state index in [4.69, 9.17) is 5.73 Å². The summed E-state index contributed by atoms with van der Waals surface area (Å²) in [5.41, 5.74) is 6.16. The van der Waals surface area contributed by atoms with Crippen molar-refractivity contribution in [2.75, 3.05) is 0 Å². The molecule has 0 aliphatic carbocycles. The first-order chi connectivity index (χ1) is 7.06. The van der Waals surface area contributed by atoms with Crippen LogP contribution in [-0.4, -0.2) is 0 Å². The molecule has 0 fully saturated rings. The molecule has 0 amide bonds. The zero-order valence-corrected chi connectivity index (χ0v) is 9.13. The summed E-state index contributed by atoms with van der Waals surface area (Å²) in [6, 6.07) is 2.99. The molecule has 1 nitrogen and oxygen atoms in total. The maximum absolute atomic E-state index is 13.4. The van der Waals surface area contributed by atoms with Gasteiger partial charge in [0.1, 0.15) is 11.6 Å². The SMILES string of the molecule is CCCC(C)C(N)c1cc(F)ccc1F. The molecule has 3 heteroatoms. The number of halogens is 2. The van der Waals surface area contributed by atoms with Crippen molar-refractivity contribution in [2.24, 2.45) is 11.7 Å². The highest BCUT2D eigenvalue weighted by Gasteiger charge is 2.18. The van der Waals surface area contributed by atoms with Gasteiger partial charge in [-0.3, -0.25) is 0 Å². The molecule has 0 aliphatic rings. The number of nitrogens with two attached hydrogens (primary N) is 1. The summed E-state index contributed by atoms with van der Waals surface area (Å²) in [4.78, 5) is 0. The quantitative estimate of drug-likeness (QED) is 0.815. The van der Waals surface area contributed by atoms with Crippen molar-refractivity contribution in [1.82, 2.24) is 0 Å². The lowest BCUT2D eigenvalue weighted by Gasteiger charge is -2.20. The lowest BCUT2D eigenvalue weighted by Crippen LogP contribution is -2.20. The van der Waals surface area contributed by atoms with E-state index in [0.29, 0.717) is 0 Å². The summed E-state index contributed by atoms with van der Waals surface area (Å²) >= 11 is 0. The second-order valence-electron chi connectivity index (χ2n) is 3.96. The molecule has 1 aromatic rings. The Labute approximate surface area is 89.3 Å². The Morgan fingerprint density at radius 3 is 2.60 bits per heavy atom. The molecule has 1 aromatic carbocycles. The van der Waals surface area contributed by atoms with Crippen LogP contribution in [0.1, 0.15) is 38.3 Å². The minimum atomic E-state index is -0.439. The molecule has 0 radical (unpaired) electrons. The molecule has 2 unspecified atom stereocenters. The largest absolute Gasteiger partial charge is 0.324 e. The van der Waals surface area contributed by atoms with Gasteiger partial charge in [0.2, 0.25) is 0 Å². The fraction of sp³-hybridized carbons (Fsp3) is 0.500. The Bertz CT molecular complexity index is 325. The van der Waals surface area contributed by atoms with Gasteiger partial charge < -0.3 is 5.73 Å². The number of hydrogen-bond acceptors (Lipinski definition) is 1. The minimum absolute atomic E-state index is 0.159. The lowest BCUT2D eigenvalue weighted by atomic mass is 9.91. The van der Waals surface area contributed by atoms with Crippen molar-refractivity contribution >= 4 is 0 Å². The van der Waals surface area contributed by atoms with E-state index in [1.807, 2.05) is 13.8 Å². The Hall–Kier alpha value is -0.960. The Morgan fingerprint density at radius 1 is 1.33 bits per heavy atom. The summed E-state index contributed by atoms with van der Waals surface area (Å²) in [6.07, 6.45) is 1.91. The monoisotopic (exact) mass is 213 g/mol. The predicted octanol–water partition coefficient (Wildman–Crippen LogP) is 3.40. The van der Waals surface area contributed by atoms with Crippen LogP contribution in [0.5, 0.6) is 0 Å². The van der Waals surface area contributed by atoms with Crippen LogP contribution in [0.3, 0.4) is 0 Å². The molecule has 0 saturated heterocycles. The maximum atomic E-state index is 13.4. The highest BCUT2D eigenvalue weighted by molar-refractivity contribution is 5.22.